The van der Waals surface area contributed by atoms with Crippen molar-refractivity contribution in [1.82, 2.24) is 15.2 Å². The predicted octanol–water partition coefficient (Wildman–Crippen LogP) is 4.23. The Morgan fingerprint density at radius 3 is 2.96 bits per heavy atom. The molecule has 0 spiro atoms. The van der Waals surface area contributed by atoms with Crippen LogP contribution in [0.1, 0.15) is 58.3 Å². The number of carboxylic acid groups (broad SMARTS) is 1. The maximum Gasteiger partial charge on any atom is 0.512 e. The van der Waals surface area contributed by atoms with Crippen LogP contribution in [-0.2, 0) is 4.79 Å². The number of hydrogen-bond acceptors (Lipinski definition) is 7. The lowest BCUT2D eigenvalue weighted by Gasteiger charge is -2.25. The van der Waals surface area contributed by atoms with E-state index in [-0.39, 0.29) is 17.8 Å². The van der Waals surface area contributed by atoms with Gasteiger partial charge in [-0.25, -0.2) is 4.79 Å². The van der Waals surface area contributed by atoms with Crippen molar-refractivity contribution in [2.45, 2.75) is 68.7 Å². The fraction of sp³-hybridized carbons (Fsp3) is 0.737. The van der Waals surface area contributed by atoms with Crippen LogP contribution >= 0.6 is 23.1 Å². The van der Waals surface area contributed by atoms with E-state index < -0.39 is 6.16 Å². The van der Waals surface area contributed by atoms with Gasteiger partial charge in [-0.15, -0.1) is 11.3 Å². The molecule has 2 rings (SSSR count). The number of hydrogen-bond donors (Lipinski definition) is 2. The Labute approximate surface area is 175 Å². The molecule has 0 aliphatic carbocycles. The van der Waals surface area contributed by atoms with E-state index in [0.717, 1.165) is 29.6 Å². The zero-order valence-electron chi connectivity index (χ0n) is 16.5. The number of nitrogens with one attached hydrogen (secondary N) is 1. The second-order valence-electron chi connectivity index (χ2n) is 6.92. The second-order valence-corrected chi connectivity index (χ2v) is 9.12. The molecule has 28 heavy (non-hydrogen) atoms. The second kappa shape index (κ2) is 13.0. The number of carbonyl (C=O) groups excluding carboxylic acids is 1. The Morgan fingerprint density at radius 2 is 2.18 bits per heavy atom. The van der Waals surface area contributed by atoms with Gasteiger partial charge in [0.2, 0.25) is 11.8 Å². The van der Waals surface area contributed by atoms with Gasteiger partial charge in [-0.1, -0.05) is 50.8 Å². The number of likely N-dealkylation sites (tertiary alicyclic amines) is 1. The lowest BCUT2D eigenvalue weighted by molar-refractivity contribution is -0.128. The first-order chi connectivity index (χ1) is 13.6. The highest BCUT2D eigenvalue weighted by Gasteiger charge is 2.30. The van der Waals surface area contributed by atoms with E-state index >= 15 is 0 Å². The van der Waals surface area contributed by atoms with Crippen LogP contribution in [0.15, 0.2) is 9.72 Å². The molecule has 1 aliphatic rings. The van der Waals surface area contributed by atoms with Crippen LogP contribution in [0.4, 0.5) is 4.79 Å². The van der Waals surface area contributed by atoms with E-state index in [4.69, 9.17) is 5.11 Å². The summed E-state index contributed by atoms with van der Waals surface area (Å²) in [6, 6.07) is 0.274. The van der Waals surface area contributed by atoms with Crippen molar-refractivity contribution < 1.29 is 19.4 Å². The number of carbonyl (C=O) groups is 2. The van der Waals surface area contributed by atoms with Crippen LogP contribution in [0.5, 0.6) is 5.88 Å². The van der Waals surface area contributed by atoms with Crippen molar-refractivity contribution >= 4 is 35.2 Å². The summed E-state index contributed by atoms with van der Waals surface area (Å²) in [4.78, 5) is 28.8. The van der Waals surface area contributed by atoms with Gasteiger partial charge in [0, 0.05) is 31.3 Å². The number of rotatable bonds is 14. The molecular formula is C19H31N3O4S2. The summed E-state index contributed by atoms with van der Waals surface area (Å²) >= 11 is 2.87. The average Bonchev–Trinajstić information content (AvgIpc) is 3.24. The van der Waals surface area contributed by atoms with E-state index in [1.54, 1.807) is 5.38 Å². The molecule has 1 aromatic rings. The summed E-state index contributed by atoms with van der Waals surface area (Å²) < 4.78 is 5.28. The van der Waals surface area contributed by atoms with Gasteiger partial charge in [-0.05, 0) is 19.4 Å². The number of nitrogens with zero attached hydrogens (tertiary/aromatic N) is 2. The largest absolute Gasteiger partial charge is 0.512 e. The maximum absolute atomic E-state index is 12.2. The maximum atomic E-state index is 12.2. The molecule has 7 nitrogen and oxygen atoms in total. The first kappa shape index (κ1) is 23.0. The van der Waals surface area contributed by atoms with Crippen LogP contribution < -0.4 is 10.1 Å². The standard InChI is InChI=1S/C19H31N3O4S2/c1-2-3-4-5-6-7-10-20-13-15-8-9-17(23)22(15)11-12-27-18-21-16(14-28-18)26-19(24)25/h14-15,20H,2-13H2,1H3,(H,24,25)/t15-/m1/s1. The minimum absolute atomic E-state index is 0.106. The number of amides is 1. The van der Waals surface area contributed by atoms with Gasteiger partial charge in [-0.3, -0.25) is 4.79 Å². The number of ether oxygens (including phenoxy) is 1. The van der Waals surface area contributed by atoms with Gasteiger partial charge in [0.25, 0.3) is 0 Å². The van der Waals surface area contributed by atoms with Gasteiger partial charge in [-0.2, -0.15) is 4.98 Å². The smallest absolute Gasteiger partial charge is 0.449 e. The van der Waals surface area contributed by atoms with E-state index in [9.17, 15) is 9.59 Å². The molecule has 1 saturated heterocycles. The molecule has 2 N–H and O–H groups in total. The summed E-state index contributed by atoms with van der Waals surface area (Å²) in [5.74, 6) is 1.06. The van der Waals surface area contributed by atoms with Crippen molar-refractivity contribution in [2.24, 2.45) is 0 Å². The molecule has 1 amide bonds. The number of thioether (sulfide) groups is 1. The highest BCUT2D eigenvalue weighted by molar-refractivity contribution is 8.01. The molecule has 9 heteroatoms. The molecule has 1 aromatic heterocycles. The third kappa shape index (κ3) is 8.36. The average molecular weight is 430 g/mol. The molecule has 158 valence electrons. The third-order valence-corrected chi connectivity index (χ3v) is 6.73. The summed E-state index contributed by atoms with van der Waals surface area (Å²) in [7, 11) is 0. The fourth-order valence-corrected chi connectivity index (χ4v) is 5.02. The van der Waals surface area contributed by atoms with E-state index in [2.05, 4.69) is 22.0 Å². The third-order valence-electron chi connectivity index (χ3n) is 4.75. The Balaban J connectivity index is 1.62. The monoisotopic (exact) mass is 429 g/mol. The zero-order chi connectivity index (χ0) is 20.2. The molecule has 0 unspecified atom stereocenters. The molecule has 1 fully saturated rings. The van der Waals surface area contributed by atoms with Crippen LogP contribution in [0, 0.1) is 0 Å². The van der Waals surface area contributed by atoms with Crippen LogP contribution in [0.25, 0.3) is 0 Å². The molecule has 1 aliphatic heterocycles. The lowest BCUT2D eigenvalue weighted by atomic mass is 10.1. The quantitative estimate of drug-likeness (QED) is 0.260. The van der Waals surface area contributed by atoms with Gasteiger partial charge in [0.15, 0.2) is 4.34 Å². The number of thiazole rings is 1. The minimum Gasteiger partial charge on any atom is -0.449 e. The van der Waals surface area contributed by atoms with Crippen molar-refractivity contribution in [3.63, 3.8) is 0 Å². The van der Waals surface area contributed by atoms with Crippen molar-refractivity contribution in [3.8, 4) is 5.88 Å². The summed E-state index contributed by atoms with van der Waals surface area (Å²) in [6.45, 7) is 4.79. The zero-order valence-corrected chi connectivity index (χ0v) is 18.2. The van der Waals surface area contributed by atoms with Gasteiger partial charge < -0.3 is 20.1 Å². The number of unbranched alkanes of at least 4 members (excludes halogenated alkanes) is 5. The molecule has 0 radical (unpaired) electrons. The first-order valence-corrected chi connectivity index (χ1v) is 12.0. The van der Waals surface area contributed by atoms with Gasteiger partial charge in [0.05, 0.1) is 5.38 Å². The van der Waals surface area contributed by atoms with Gasteiger partial charge in [0.1, 0.15) is 0 Å². The lowest BCUT2D eigenvalue weighted by Crippen LogP contribution is -2.41. The van der Waals surface area contributed by atoms with Crippen LogP contribution in [0.3, 0.4) is 0 Å². The van der Waals surface area contributed by atoms with Crippen molar-refractivity contribution in [2.75, 3.05) is 25.4 Å². The summed E-state index contributed by atoms with van der Waals surface area (Å²) in [6.07, 6.45) is 7.92. The van der Waals surface area contributed by atoms with Gasteiger partial charge >= 0.3 is 6.16 Å². The summed E-state index contributed by atoms with van der Waals surface area (Å²) in [5, 5.41) is 13.7. The first-order valence-electron chi connectivity index (χ1n) is 10.1. The molecule has 0 saturated carbocycles. The van der Waals surface area contributed by atoms with Crippen LogP contribution in [-0.4, -0.2) is 58.5 Å². The van der Waals surface area contributed by atoms with Crippen molar-refractivity contribution in [1.29, 1.82) is 0 Å². The minimum atomic E-state index is -1.36. The van der Waals surface area contributed by atoms with Crippen LogP contribution in [0.2, 0.25) is 0 Å². The van der Waals surface area contributed by atoms with E-state index in [0.29, 0.717) is 13.0 Å². The Morgan fingerprint density at radius 1 is 1.39 bits per heavy atom. The topological polar surface area (TPSA) is 91.8 Å². The highest BCUT2D eigenvalue weighted by atomic mass is 32.2. The predicted molar refractivity (Wildman–Crippen MR) is 112 cm³/mol. The molecule has 2 heterocycles. The molecule has 1 atom stereocenters. The fourth-order valence-electron chi connectivity index (χ4n) is 3.29. The molecule has 0 aromatic carbocycles. The Hall–Kier alpha value is -1.32. The van der Waals surface area contributed by atoms with Crippen molar-refractivity contribution in [3.05, 3.63) is 5.38 Å². The SMILES string of the molecule is CCCCCCCCNC[C@H]1CCC(=O)N1CCSc1nc(OC(=O)O)cs1. The Bertz CT molecular complexity index is 612. The molecule has 0 bridgehead atoms. The summed E-state index contributed by atoms with van der Waals surface area (Å²) in [5.41, 5.74) is 0. The highest BCUT2D eigenvalue weighted by Crippen LogP contribution is 2.27. The normalized spacial score (nSPS) is 16.7. The van der Waals surface area contributed by atoms with E-state index in [1.165, 1.54) is 61.6 Å². The number of aromatic nitrogens is 1. The Kier molecular flexibility index (Phi) is 10.7. The van der Waals surface area contributed by atoms with E-state index in [1.807, 2.05) is 4.90 Å². The molecular weight excluding hydrogens is 398 g/mol.